The Bertz CT molecular complexity index is 1640. The molecule has 7 heteroatoms. The van der Waals surface area contributed by atoms with Crippen LogP contribution in [0, 0.1) is 0 Å². The van der Waals surface area contributed by atoms with Crippen LogP contribution in [0.4, 0.5) is 22.7 Å². The quantitative estimate of drug-likeness (QED) is 0.0899. The number of anilines is 4. The molecule has 0 spiro atoms. The molecule has 6 rings (SSSR count). The third-order valence-corrected chi connectivity index (χ3v) is 13.6. The van der Waals surface area contributed by atoms with E-state index in [2.05, 4.69) is 191 Å². The molecule has 0 aliphatic rings. The van der Waals surface area contributed by atoms with Crippen LogP contribution >= 0.6 is 15.8 Å². The fourth-order valence-corrected chi connectivity index (χ4v) is 12.2. The van der Waals surface area contributed by atoms with Crippen LogP contribution in [0.15, 0.2) is 146 Å². The van der Waals surface area contributed by atoms with Gasteiger partial charge in [-0.3, -0.25) is 0 Å². The minimum Gasteiger partial charge on any atom is -0.748 e. The molecule has 260 valence electrons. The van der Waals surface area contributed by atoms with E-state index in [1.165, 1.54) is 54.6 Å². The van der Waals surface area contributed by atoms with Crippen molar-refractivity contribution in [2.45, 2.75) is 0 Å². The number of benzene rings is 4. The molecule has 6 aromatic carbocycles. The Balaban J connectivity index is 0.000000826. The third-order valence-electron chi connectivity index (χ3n) is 8.23. The van der Waals surface area contributed by atoms with Gasteiger partial charge in [0.2, 0.25) is 0 Å². The van der Waals surface area contributed by atoms with Gasteiger partial charge in [-0.25, -0.2) is 12.1 Å². The van der Waals surface area contributed by atoms with Crippen LogP contribution in [0.5, 0.6) is 0 Å². The van der Waals surface area contributed by atoms with E-state index in [1.807, 2.05) is 30.3 Å². The van der Waals surface area contributed by atoms with Crippen molar-refractivity contribution in [2.75, 3.05) is 76.0 Å². The fraction of sp³-hybridized carbons (Fsp3) is 0.190. The molecule has 0 unspecified atom stereocenters. The van der Waals surface area contributed by atoms with Gasteiger partial charge in [0.15, 0.2) is 0 Å². The number of para-hydroxylation sites is 4. The second-order valence-electron chi connectivity index (χ2n) is 12.5. The van der Waals surface area contributed by atoms with Gasteiger partial charge in [0, 0.05) is 107 Å². The van der Waals surface area contributed by atoms with Gasteiger partial charge in [-0.15, -0.1) is 10.6 Å². The van der Waals surface area contributed by atoms with Crippen LogP contribution in [-0.4, -0.2) is 56.4 Å². The summed E-state index contributed by atoms with van der Waals surface area (Å²) in [5, 5.41) is 8.35. The Morgan fingerprint density at radius 2 is 0.714 bits per heavy atom. The van der Waals surface area contributed by atoms with Gasteiger partial charge in [-0.2, -0.15) is 6.07 Å². The minimum atomic E-state index is -0.894. The Hall–Kier alpha value is -3.84. The normalized spacial score (nSPS) is 10.7. The Kier molecular flexibility index (Phi) is 13.7. The van der Waals surface area contributed by atoms with E-state index in [9.17, 15) is 0 Å². The molecule has 0 heterocycles. The van der Waals surface area contributed by atoms with Crippen molar-refractivity contribution in [2.24, 2.45) is 0 Å². The van der Waals surface area contributed by atoms with Crippen LogP contribution in [0.1, 0.15) is 0 Å². The first kappa shape index (κ1) is 38.0. The first-order valence-electron chi connectivity index (χ1n) is 16.3. The van der Waals surface area contributed by atoms with Gasteiger partial charge >= 0.3 is 0 Å². The average Bonchev–Trinajstić information content (AvgIpc) is 3.83. The van der Waals surface area contributed by atoms with Crippen LogP contribution in [0.2, 0.25) is 0 Å². The van der Waals surface area contributed by atoms with E-state index >= 15 is 0 Å². The number of nitrogens with zero attached hydrogens (tertiary/aromatic N) is 4. The predicted octanol–water partition coefficient (Wildman–Crippen LogP) is 6.59. The van der Waals surface area contributed by atoms with Crippen LogP contribution in [0.25, 0.3) is 0 Å². The molecule has 0 N–H and O–H groups in total. The second kappa shape index (κ2) is 17.7. The van der Waals surface area contributed by atoms with Crippen molar-refractivity contribution in [3.63, 3.8) is 0 Å². The summed E-state index contributed by atoms with van der Waals surface area (Å²) in [5.74, 6) is 0. The first-order valence-corrected chi connectivity index (χ1v) is 19.0. The fourth-order valence-electron chi connectivity index (χ4n) is 6.00. The molecule has 0 aromatic heterocycles. The molecule has 0 aliphatic carbocycles. The molecule has 0 aliphatic heterocycles. The summed E-state index contributed by atoms with van der Waals surface area (Å²) in [6, 6.07) is 52.9. The van der Waals surface area contributed by atoms with Gasteiger partial charge < -0.3 is 49.9 Å². The predicted molar refractivity (Wildman–Crippen MR) is 219 cm³/mol. The monoisotopic (exact) mass is 726 g/mol. The molecule has 0 radical (unpaired) electrons. The molecule has 0 fully saturated rings. The zero-order valence-corrected chi connectivity index (χ0v) is 32.8. The zero-order chi connectivity index (χ0) is 34.2. The van der Waals surface area contributed by atoms with E-state index < -0.39 is 15.8 Å². The molecule has 0 saturated heterocycles. The molecule has 6 aromatic rings. The van der Waals surface area contributed by atoms with E-state index in [4.69, 9.17) is 0 Å². The molecular weight excluding hydrogens is 678 g/mol. The van der Waals surface area contributed by atoms with Gasteiger partial charge in [0.05, 0.1) is 0 Å². The largest absolute Gasteiger partial charge is 0.748 e. The Labute approximate surface area is 307 Å². The SMILES string of the molecule is CN(C)c1ccccc1P(c1ccccc1N(C)C)c1ccc[c-]1P(c1ccccc1N(C)C)c1ccccc1N(C)C.[Fe].[cH-]1[cH-][cH-][cH-][cH-]1. The standard InChI is InChI=1S/C37H43N4P2.C5H5.Fe/c1-38(2)28-18-9-13-22-32(28)42(33-23-14-10-19-29(33)39(3)4)36-26-17-27-37(36)43(34-24-15-11-20-30(34)40(5)6)35-25-16-12-21-31(35)41(7)8;1-2-4-5-3-1;/h9-27H,1-8H3;1-5H;/q-1;-5;. The molecule has 0 atom stereocenters. The maximum atomic E-state index is 2.39. The van der Waals surface area contributed by atoms with Crippen LogP contribution < -0.4 is 51.4 Å². The smallest absolute Gasteiger partial charge is 0.0445 e. The third kappa shape index (κ3) is 8.67. The van der Waals surface area contributed by atoms with E-state index in [0.717, 1.165) is 0 Å². The molecule has 0 bridgehead atoms. The Morgan fingerprint density at radius 3 is 1.06 bits per heavy atom. The van der Waals surface area contributed by atoms with E-state index in [-0.39, 0.29) is 17.1 Å². The van der Waals surface area contributed by atoms with Gasteiger partial charge in [0.25, 0.3) is 0 Å². The number of hydrogen-bond acceptors (Lipinski definition) is 4. The Morgan fingerprint density at radius 1 is 0.408 bits per heavy atom. The summed E-state index contributed by atoms with van der Waals surface area (Å²) >= 11 is 0. The second-order valence-corrected chi connectivity index (χ2v) is 16.7. The van der Waals surface area contributed by atoms with Crippen molar-refractivity contribution in [1.82, 2.24) is 0 Å². The summed E-state index contributed by atoms with van der Waals surface area (Å²) in [4.78, 5) is 9.04. The molecule has 4 nitrogen and oxygen atoms in total. The van der Waals surface area contributed by atoms with Crippen molar-refractivity contribution in [3.8, 4) is 0 Å². The van der Waals surface area contributed by atoms with Crippen LogP contribution in [-0.2, 0) is 17.1 Å². The van der Waals surface area contributed by atoms with Crippen molar-refractivity contribution >= 4 is 70.4 Å². The molecular formula is C42H48FeN4P2-6. The maximum Gasteiger partial charge on any atom is 0.0445 e. The minimum absolute atomic E-state index is 0. The van der Waals surface area contributed by atoms with E-state index in [1.54, 1.807) is 0 Å². The topological polar surface area (TPSA) is 13.0 Å². The summed E-state index contributed by atoms with van der Waals surface area (Å²) in [6.07, 6.45) is 0. The average molecular weight is 727 g/mol. The number of hydrogen-bond donors (Lipinski definition) is 0. The summed E-state index contributed by atoms with van der Waals surface area (Å²) < 4.78 is 0. The molecule has 0 saturated carbocycles. The summed E-state index contributed by atoms with van der Waals surface area (Å²) in [5.41, 5.74) is 5.06. The molecule has 49 heavy (non-hydrogen) atoms. The van der Waals surface area contributed by atoms with Crippen molar-refractivity contribution in [1.29, 1.82) is 0 Å². The first-order chi connectivity index (χ1) is 23.2. The van der Waals surface area contributed by atoms with Gasteiger partial charge in [-0.05, 0) is 42.8 Å². The van der Waals surface area contributed by atoms with Gasteiger partial charge in [0.1, 0.15) is 0 Å². The zero-order valence-electron chi connectivity index (χ0n) is 29.9. The number of rotatable bonds is 10. The van der Waals surface area contributed by atoms with Gasteiger partial charge in [-0.1, -0.05) is 80.7 Å². The van der Waals surface area contributed by atoms with Crippen LogP contribution in [0.3, 0.4) is 0 Å². The summed E-state index contributed by atoms with van der Waals surface area (Å²) in [7, 11) is 15.5. The summed E-state index contributed by atoms with van der Waals surface area (Å²) in [6.45, 7) is 0. The van der Waals surface area contributed by atoms with Crippen molar-refractivity contribution in [3.05, 3.63) is 146 Å². The maximum absolute atomic E-state index is 2.39. The van der Waals surface area contributed by atoms with Crippen molar-refractivity contribution < 1.29 is 17.1 Å². The van der Waals surface area contributed by atoms with E-state index in [0.29, 0.717) is 0 Å². The molecule has 0 amide bonds.